The van der Waals surface area contributed by atoms with E-state index in [4.69, 9.17) is 4.42 Å². The number of aromatic nitrogens is 1. The quantitative estimate of drug-likeness (QED) is 0.908. The summed E-state index contributed by atoms with van der Waals surface area (Å²) < 4.78 is 5.33. The summed E-state index contributed by atoms with van der Waals surface area (Å²) >= 11 is 1.40. The molecular formula is C13H15N3O2S. The van der Waals surface area contributed by atoms with Crippen molar-refractivity contribution in [3.05, 3.63) is 29.0 Å². The van der Waals surface area contributed by atoms with Gasteiger partial charge in [0.1, 0.15) is 4.88 Å². The smallest absolute Gasteiger partial charge is 0.265 e. The fourth-order valence-corrected chi connectivity index (χ4v) is 3.11. The van der Waals surface area contributed by atoms with Crippen molar-refractivity contribution < 1.29 is 9.21 Å². The Balaban J connectivity index is 1.86. The van der Waals surface area contributed by atoms with Gasteiger partial charge in [-0.25, -0.2) is 4.98 Å². The number of thiazole rings is 1. The number of piperazine rings is 1. The Bertz CT molecular complexity index is 571. The Morgan fingerprint density at radius 1 is 1.47 bits per heavy atom. The van der Waals surface area contributed by atoms with Gasteiger partial charge >= 0.3 is 0 Å². The SMILES string of the molecule is Cc1nc(-c2ccco2)sc1C(=O)N1CCNCC1. The first-order chi connectivity index (χ1) is 9.25. The van der Waals surface area contributed by atoms with E-state index in [2.05, 4.69) is 10.3 Å². The van der Waals surface area contributed by atoms with E-state index in [0.29, 0.717) is 10.6 Å². The molecule has 3 rings (SSSR count). The molecule has 1 fully saturated rings. The highest BCUT2D eigenvalue weighted by Crippen LogP contribution is 2.29. The van der Waals surface area contributed by atoms with Crippen molar-refractivity contribution in [3.63, 3.8) is 0 Å². The highest BCUT2D eigenvalue weighted by molar-refractivity contribution is 7.17. The number of carbonyl (C=O) groups excluding carboxylic acids is 1. The standard InChI is InChI=1S/C13H15N3O2S/c1-9-11(13(17)16-6-4-14-5-7-16)19-12(15-9)10-3-2-8-18-10/h2-3,8,14H,4-7H2,1H3. The first-order valence-corrected chi connectivity index (χ1v) is 7.08. The summed E-state index contributed by atoms with van der Waals surface area (Å²) in [5.41, 5.74) is 0.778. The van der Waals surface area contributed by atoms with E-state index >= 15 is 0 Å². The molecule has 6 heteroatoms. The largest absolute Gasteiger partial charge is 0.462 e. The Morgan fingerprint density at radius 2 is 2.26 bits per heavy atom. The lowest BCUT2D eigenvalue weighted by molar-refractivity contribution is 0.0740. The van der Waals surface area contributed by atoms with Crippen LogP contribution in [0.25, 0.3) is 10.8 Å². The molecule has 0 atom stereocenters. The van der Waals surface area contributed by atoms with Gasteiger partial charge < -0.3 is 14.6 Å². The molecular weight excluding hydrogens is 262 g/mol. The fraction of sp³-hybridized carbons (Fsp3) is 0.385. The van der Waals surface area contributed by atoms with Gasteiger partial charge in [0, 0.05) is 26.2 Å². The van der Waals surface area contributed by atoms with Crippen LogP contribution in [0.1, 0.15) is 15.4 Å². The topological polar surface area (TPSA) is 58.4 Å². The molecule has 1 amide bonds. The molecule has 0 bridgehead atoms. The molecule has 0 spiro atoms. The summed E-state index contributed by atoms with van der Waals surface area (Å²) in [6, 6.07) is 3.68. The van der Waals surface area contributed by atoms with Crippen LogP contribution in [0.5, 0.6) is 0 Å². The number of carbonyl (C=O) groups is 1. The predicted molar refractivity (Wildman–Crippen MR) is 73.3 cm³/mol. The number of nitrogens with one attached hydrogen (secondary N) is 1. The Morgan fingerprint density at radius 3 is 2.95 bits per heavy atom. The second-order valence-corrected chi connectivity index (χ2v) is 5.45. The van der Waals surface area contributed by atoms with Gasteiger partial charge in [0.25, 0.3) is 5.91 Å². The zero-order valence-electron chi connectivity index (χ0n) is 10.7. The number of amides is 1. The van der Waals surface area contributed by atoms with Crippen LogP contribution in [0.15, 0.2) is 22.8 Å². The van der Waals surface area contributed by atoms with Crippen LogP contribution in [0.4, 0.5) is 0 Å². The first kappa shape index (κ1) is 12.4. The zero-order chi connectivity index (χ0) is 13.2. The second-order valence-electron chi connectivity index (χ2n) is 4.45. The summed E-state index contributed by atoms with van der Waals surface area (Å²) in [6.07, 6.45) is 1.61. The molecule has 1 N–H and O–H groups in total. The molecule has 0 unspecified atom stereocenters. The van der Waals surface area contributed by atoms with Gasteiger partial charge in [-0.1, -0.05) is 0 Å². The molecule has 0 aliphatic carbocycles. The predicted octanol–water partition coefficient (Wildman–Crippen LogP) is 1.76. The monoisotopic (exact) mass is 277 g/mol. The van der Waals surface area contributed by atoms with E-state index in [-0.39, 0.29) is 5.91 Å². The average Bonchev–Trinajstić information content (AvgIpc) is 3.08. The van der Waals surface area contributed by atoms with Gasteiger partial charge in [0.2, 0.25) is 0 Å². The number of hydrogen-bond donors (Lipinski definition) is 1. The van der Waals surface area contributed by atoms with Crippen molar-refractivity contribution in [2.24, 2.45) is 0 Å². The second kappa shape index (κ2) is 5.14. The maximum absolute atomic E-state index is 12.4. The summed E-state index contributed by atoms with van der Waals surface area (Å²) in [7, 11) is 0. The van der Waals surface area contributed by atoms with Crippen LogP contribution < -0.4 is 5.32 Å². The third kappa shape index (κ3) is 2.41. The minimum atomic E-state index is 0.0781. The molecule has 1 saturated heterocycles. The molecule has 2 aromatic rings. The van der Waals surface area contributed by atoms with Gasteiger partial charge in [-0.2, -0.15) is 0 Å². The highest BCUT2D eigenvalue weighted by atomic mass is 32.1. The van der Waals surface area contributed by atoms with Crippen LogP contribution in [-0.2, 0) is 0 Å². The summed E-state index contributed by atoms with van der Waals surface area (Å²) in [6.45, 7) is 5.10. The van der Waals surface area contributed by atoms with E-state index in [0.717, 1.165) is 36.9 Å². The highest BCUT2D eigenvalue weighted by Gasteiger charge is 2.23. The Labute approximate surface area is 115 Å². The van der Waals surface area contributed by atoms with E-state index in [1.165, 1.54) is 11.3 Å². The minimum Gasteiger partial charge on any atom is -0.462 e. The molecule has 2 aromatic heterocycles. The number of hydrogen-bond acceptors (Lipinski definition) is 5. The van der Waals surface area contributed by atoms with Gasteiger partial charge in [-0.05, 0) is 19.1 Å². The molecule has 0 saturated carbocycles. The van der Waals surface area contributed by atoms with E-state index in [9.17, 15) is 4.79 Å². The molecule has 5 nitrogen and oxygen atoms in total. The van der Waals surface area contributed by atoms with Crippen molar-refractivity contribution in [2.45, 2.75) is 6.92 Å². The summed E-state index contributed by atoms with van der Waals surface area (Å²) in [4.78, 5) is 19.5. The van der Waals surface area contributed by atoms with Gasteiger partial charge in [0.05, 0.1) is 12.0 Å². The van der Waals surface area contributed by atoms with Crippen LogP contribution >= 0.6 is 11.3 Å². The zero-order valence-corrected chi connectivity index (χ0v) is 11.5. The van der Waals surface area contributed by atoms with Crippen molar-refractivity contribution in [2.75, 3.05) is 26.2 Å². The summed E-state index contributed by atoms with van der Waals surface area (Å²) in [5, 5.41) is 4.01. The molecule has 0 aromatic carbocycles. The molecule has 3 heterocycles. The maximum Gasteiger partial charge on any atom is 0.265 e. The lowest BCUT2D eigenvalue weighted by Gasteiger charge is -2.26. The van der Waals surface area contributed by atoms with Crippen LogP contribution in [0, 0.1) is 6.92 Å². The van der Waals surface area contributed by atoms with Gasteiger partial charge in [-0.3, -0.25) is 4.79 Å². The molecule has 0 radical (unpaired) electrons. The lowest BCUT2D eigenvalue weighted by Crippen LogP contribution is -2.46. The van der Waals surface area contributed by atoms with Crippen molar-refractivity contribution in [1.82, 2.24) is 15.2 Å². The molecule has 100 valence electrons. The normalized spacial score (nSPS) is 15.7. The fourth-order valence-electron chi connectivity index (χ4n) is 2.11. The van der Waals surface area contributed by atoms with E-state index in [1.807, 2.05) is 24.0 Å². The minimum absolute atomic E-state index is 0.0781. The maximum atomic E-state index is 12.4. The van der Waals surface area contributed by atoms with Gasteiger partial charge in [-0.15, -0.1) is 11.3 Å². The lowest BCUT2D eigenvalue weighted by atomic mass is 10.3. The Kier molecular flexibility index (Phi) is 3.35. The van der Waals surface area contributed by atoms with E-state index < -0.39 is 0 Å². The van der Waals surface area contributed by atoms with Crippen LogP contribution in [0.2, 0.25) is 0 Å². The van der Waals surface area contributed by atoms with E-state index in [1.54, 1.807) is 6.26 Å². The average molecular weight is 277 g/mol. The van der Waals surface area contributed by atoms with Crippen molar-refractivity contribution >= 4 is 17.2 Å². The van der Waals surface area contributed by atoms with Crippen molar-refractivity contribution in [3.8, 4) is 10.8 Å². The van der Waals surface area contributed by atoms with Gasteiger partial charge in [0.15, 0.2) is 10.8 Å². The third-order valence-electron chi connectivity index (χ3n) is 3.13. The number of aryl methyl sites for hydroxylation is 1. The number of rotatable bonds is 2. The summed E-state index contributed by atoms with van der Waals surface area (Å²) in [5.74, 6) is 0.793. The Hall–Kier alpha value is -1.66. The van der Waals surface area contributed by atoms with Crippen LogP contribution in [-0.4, -0.2) is 42.0 Å². The first-order valence-electron chi connectivity index (χ1n) is 6.27. The molecule has 1 aliphatic rings. The number of nitrogens with zero attached hydrogens (tertiary/aromatic N) is 2. The van der Waals surface area contributed by atoms with Crippen molar-refractivity contribution in [1.29, 1.82) is 0 Å². The third-order valence-corrected chi connectivity index (χ3v) is 4.29. The molecule has 1 aliphatic heterocycles. The number of furan rings is 1. The van der Waals surface area contributed by atoms with Crippen LogP contribution in [0.3, 0.4) is 0 Å². The molecule has 19 heavy (non-hydrogen) atoms.